The normalized spacial score (nSPS) is 16.2. The molecule has 40 heavy (non-hydrogen) atoms. The molecule has 2 aromatic rings. The largest absolute Gasteiger partial charge is 0.404 e. The minimum atomic E-state index is -4.86. The molecule has 222 valence electrons. The summed E-state index contributed by atoms with van der Waals surface area (Å²) in [4.78, 5) is 31.0. The van der Waals surface area contributed by atoms with Gasteiger partial charge in [0.2, 0.25) is 10.0 Å². The number of amides is 2. The molecule has 1 aromatic heterocycles. The molecule has 3 rings (SSSR count). The molecule has 0 spiro atoms. The third-order valence-corrected chi connectivity index (χ3v) is 9.49. The number of carbonyl (C=O) groups is 2. The molecule has 1 aliphatic rings. The van der Waals surface area contributed by atoms with E-state index < -0.39 is 60.8 Å². The van der Waals surface area contributed by atoms with Crippen LogP contribution in [0.3, 0.4) is 0 Å². The van der Waals surface area contributed by atoms with Gasteiger partial charge in [-0.1, -0.05) is 29.3 Å². The van der Waals surface area contributed by atoms with Crippen LogP contribution in [-0.4, -0.2) is 78.8 Å². The van der Waals surface area contributed by atoms with Crippen molar-refractivity contribution in [2.24, 2.45) is 0 Å². The summed E-state index contributed by atoms with van der Waals surface area (Å²) in [7, 11) is -4.77. The van der Waals surface area contributed by atoms with Gasteiger partial charge in [0.05, 0.1) is 20.5 Å². The van der Waals surface area contributed by atoms with Gasteiger partial charge in [-0.15, -0.1) is 11.3 Å². The maximum Gasteiger partial charge on any atom is 0.404 e. The number of hydrogen-bond donors (Lipinski definition) is 3. The van der Waals surface area contributed by atoms with Crippen LogP contribution in [0.4, 0.5) is 17.6 Å². The van der Waals surface area contributed by atoms with Crippen LogP contribution in [0.25, 0.3) is 10.4 Å². The van der Waals surface area contributed by atoms with Gasteiger partial charge in [-0.05, 0) is 39.7 Å². The zero-order chi connectivity index (χ0) is 30.2. The number of thiazole rings is 1. The molecule has 1 aromatic carbocycles. The summed E-state index contributed by atoms with van der Waals surface area (Å²) in [5, 5.41) is 11.2. The molecule has 1 atom stereocenters. The summed E-state index contributed by atoms with van der Waals surface area (Å²) < 4.78 is 79.3. The number of nitrogens with zero attached hydrogens (tertiary/aromatic N) is 2. The molecule has 1 unspecified atom stereocenters. The lowest BCUT2D eigenvalue weighted by molar-refractivity contribution is -0.147. The van der Waals surface area contributed by atoms with Gasteiger partial charge in [-0.3, -0.25) is 9.59 Å². The molecule has 9 nitrogen and oxygen atoms in total. The molecule has 0 radical (unpaired) electrons. The van der Waals surface area contributed by atoms with Crippen molar-refractivity contribution in [3.63, 3.8) is 0 Å². The first-order valence-corrected chi connectivity index (χ1v) is 14.9. The van der Waals surface area contributed by atoms with Crippen LogP contribution in [0.5, 0.6) is 0 Å². The maximum atomic E-state index is 13.7. The Kier molecular flexibility index (Phi) is 9.79. The van der Waals surface area contributed by atoms with Gasteiger partial charge in [0, 0.05) is 25.2 Å². The van der Waals surface area contributed by atoms with Crippen molar-refractivity contribution in [2.45, 2.75) is 62.5 Å². The highest BCUT2D eigenvalue weighted by Gasteiger charge is 2.40. The highest BCUT2D eigenvalue weighted by molar-refractivity contribution is 7.89. The highest BCUT2D eigenvalue weighted by Crippen LogP contribution is 2.42. The number of aromatic nitrogens is 1. The third-order valence-electron chi connectivity index (χ3n) is 5.82. The summed E-state index contributed by atoms with van der Waals surface area (Å²) in [5.74, 6) is -1.36. The number of sulfonamides is 1. The predicted octanol–water partition coefficient (Wildman–Crippen LogP) is 4.42. The van der Waals surface area contributed by atoms with E-state index in [9.17, 15) is 40.7 Å². The topological polar surface area (TPSA) is 129 Å². The van der Waals surface area contributed by atoms with E-state index in [4.69, 9.17) is 23.2 Å². The lowest BCUT2D eigenvalue weighted by atomic mass is 10.1. The van der Waals surface area contributed by atoms with Crippen LogP contribution in [0.1, 0.15) is 53.9 Å². The first-order chi connectivity index (χ1) is 18.3. The average molecular weight is 650 g/mol. The Morgan fingerprint density at radius 2 is 1.80 bits per heavy atom. The number of rotatable bonds is 8. The van der Waals surface area contributed by atoms with E-state index in [1.807, 2.05) is 0 Å². The molecular formula is C23H26Cl2F4N4O5S2. The van der Waals surface area contributed by atoms with Gasteiger partial charge in [0.15, 0.2) is 5.01 Å². The number of likely N-dealkylation sites (tertiary alicyclic amines) is 1. The quantitative estimate of drug-likeness (QED) is 0.364. The smallest absolute Gasteiger partial charge is 0.389 e. The summed E-state index contributed by atoms with van der Waals surface area (Å²) >= 11 is 13.3. The van der Waals surface area contributed by atoms with Crippen LogP contribution >= 0.6 is 34.5 Å². The Morgan fingerprint density at radius 3 is 2.35 bits per heavy atom. The molecule has 3 N–H and O–H groups in total. The monoisotopic (exact) mass is 648 g/mol. The Bertz CT molecular complexity index is 1390. The number of nitrogens with one attached hydrogen (secondary N) is 2. The van der Waals surface area contributed by atoms with E-state index in [2.05, 4.69) is 10.3 Å². The second-order valence-corrected chi connectivity index (χ2v) is 13.2. The highest BCUT2D eigenvalue weighted by atomic mass is 35.5. The molecule has 0 bridgehead atoms. The van der Waals surface area contributed by atoms with Gasteiger partial charge < -0.3 is 15.3 Å². The summed E-state index contributed by atoms with van der Waals surface area (Å²) in [6.07, 6.45) is -5.72. The summed E-state index contributed by atoms with van der Waals surface area (Å²) in [6.45, 7) is 3.58. The molecule has 1 fully saturated rings. The van der Waals surface area contributed by atoms with E-state index in [1.54, 1.807) is 0 Å². The molecule has 2 heterocycles. The lowest BCUT2D eigenvalue weighted by Gasteiger charge is -2.28. The van der Waals surface area contributed by atoms with Crippen molar-refractivity contribution in [3.05, 3.63) is 32.9 Å². The number of piperidine rings is 1. The number of aliphatic hydroxyl groups is 1. The zero-order valence-electron chi connectivity index (χ0n) is 21.4. The second-order valence-electron chi connectivity index (χ2n) is 9.78. The Labute approximate surface area is 241 Å². The van der Waals surface area contributed by atoms with Crippen LogP contribution in [0.15, 0.2) is 17.0 Å². The molecule has 0 aliphatic carbocycles. The summed E-state index contributed by atoms with van der Waals surface area (Å²) in [6, 6.07) is -0.361. The lowest BCUT2D eigenvalue weighted by Crippen LogP contribution is -2.43. The average Bonchev–Trinajstić information content (AvgIpc) is 3.28. The zero-order valence-corrected chi connectivity index (χ0v) is 24.5. The number of benzene rings is 1. The fraction of sp³-hybridized carbons (Fsp3) is 0.522. The predicted molar refractivity (Wildman–Crippen MR) is 142 cm³/mol. The van der Waals surface area contributed by atoms with Crippen LogP contribution < -0.4 is 10.0 Å². The fourth-order valence-electron chi connectivity index (χ4n) is 3.60. The number of hydrogen-bond acceptors (Lipinski definition) is 7. The van der Waals surface area contributed by atoms with Gasteiger partial charge >= 0.3 is 6.18 Å². The third kappa shape index (κ3) is 7.62. The molecule has 1 saturated heterocycles. The van der Waals surface area contributed by atoms with Gasteiger partial charge in [-0.25, -0.2) is 17.8 Å². The SMILES string of the molecule is CC(NS(=O)(=O)c1ccc(-c2sc(C(=O)NCC(C)(C)O)nc2C(=O)N2CCC(F)CC2)c(Cl)c1Cl)C(F)(F)F. The van der Waals surface area contributed by atoms with Crippen LogP contribution in [-0.2, 0) is 10.0 Å². The van der Waals surface area contributed by atoms with Crippen molar-refractivity contribution in [1.82, 2.24) is 19.9 Å². The van der Waals surface area contributed by atoms with Crippen molar-refractivity contribution in [1.29, 1.82) is 0 Å². The van der Waals surface area contributed by atoms with E-state index in [-0.39, 0.29) is 53.6 Å². The number of halogens is 6. The van der Waals surface area contributed by atoms with Gasteiger partial charge in [0.1, 0.15) is 22.8 Å². The number of alkyl halides is 4. The van der Waals surface area contributed by atoms with Crippen molar-refractivity contribution >= 4 is 56.4 Å². The number of carbonyl (C=O) groups excluding carboxylic acids is 2. The molecule has 17 heteroatoms. The van der Waals surface area contributed by atoms with Gasteiger partial charge in [0.25, 0.3) is 11.8 Å². The Balaban J connectivity index is 2.06. The molecule has 1 aliphatic heterocycles. The van der Waals surface area contributed by atoms with Crippen LogP contribution in [0, 0.1) is 0 Å². The fourth-order valence-corrected chi connectivity index (χ4v) is 6.75. The van der Waals surface area contributed by atoms with E-state index in [0.717, 1.165) is 23.5 Å². The summed E-state index contributed by atoms with van der Waals surface area (Å²) in [5.41, 5.74) is -1.48. The molecule has 0 saturated carbocycles. The Morgan fingerprint density at radius 1 is 1.20 bits per heavy atom. The van der Waals surface area contributed by atoms with E-state index in [1.165, 1.54) is 23.5 Å². The molecule has 2 amide bonds. The first-order valence-electron chi connectivity index (χ1n) is 11.8. The van der Waals surface area contributed by atoms with E-state index in [0.29, 0.717) is 6.92 Å². The molecular weight excluding hydrogens is 623 g/mol. The van der Waals surface area contributed by atoms with Crippen LogP contribution in [0.2, 0.25) is 10.0 Å². The standard InChI is InChI=1S/C23H26Cl2F4N4O5S2/c1-11(23(27,28)29)32-40(37,38)14-5-4-13(15(24)16(14)25)18-17(21(35)33-8-6-12(26)7-9-33)31-20(39-18)19(34)30-10-22(2,3)36/h4-5,11-12,32,36H,6-10H2,1-3H3,(H,30,34). The second kappa shape index (κ2) is 12.1. The van der Waals surface area contributed by atoms with E-state index >= 15 is 0 Å². The van der Waals surface area contributed by atoms with Crippen molar-refractivity contribution < 1.29 is 40.7 Å². The van der Waals surface area contributed by atoms with Gasteiger partial charge in [-0.2, -0.15) is 17.9 Å². The Hall–Kier alpha value is -2.04. The van der Waals surface area contributed by atoms with Crippen molar-refractivity contribution in [3.8, 4) is 10.4 Å². The minimum absolute atomic E-state index is 0.00254. The minimum Gasteiger partial charge on any atom is -0.389 e. The first kappa shape index (κ1) is 32.5. The van der Waals surface area contributed by atoms with Crippen molar-refractivity contribution in [2.75, 3.05) is 19.6 Å². The maximum absolute atomic E-state index is 13.7.